The molecule has 0 atom stereocenters. The van der Waals surface area contributed by atoms with Crippen LogP contribution in [0.25, 0.3) is 0 Å². The summed E-state index contributed by atoms with van der Waals surface area (Å²) in [5, 5.41) is 3.95. The van der Waals surface area contributed by atoms with Crippen molar-refractivity contribution >= 4 is 17.5 Å². The summed E-state index contributed by atoms with van der Waals surface area (Å²) < 4.78 is 5.58. The van der Waals surface area contributed by atoms with Crippen LogP contribution in [0.15, 0.2) is 24.3 Å². The number of nitrogens with one attached hydrogen (secondary N) is 1. The lowest BCUT2D eigenvalue weighted by atomic mass is 10.0. The molecule has 2 rings (SSSR count). The quantitative estimate of drug-likeness (QED) is 0.878. The predicted octanol–water partition coefficient (Wildman–Crippen LogP) is 2.71. The third-order valence-corrected chi connectivity index (χ3v) is 3.93. The molecule has 0 aliphatic carbocycles. The number of benzene rings is 1. The van der Waals surface area contributed by atoms with Gasteiger partial charge in [-0.3, -0.25) is 4.79 Å². The van der Waals surface area contributed by atoms with Crippen LogP contribution in [0, 0.1) is 0 Å². The van der Waals surface area contributed by atoms with Crippen LogP contribution in [0.3, 0.4) is 0 Å². The molecule has 4 nitrogen and oxygen atoms in total. The van der Waals surface area contributed by atoms with Gasteiger partial charge in [0.2, 0.25) is 0 Å². The van der Waals surface area contributed by atoms with Crippen LogP contribution < -0.4 is 10.1 Å². The summed E-state index contributed by atoms with van der Waals surface area (Å²) in [5.41, 5.74) is 0. The van der Waals surface area contributed by atoms with E-state index in [9.17, 15) is 4.79 Å². The monoisotopic (exact) mass is 310 g/mol. The van der Waals surface area contributed by atoms with Gasteiger partial charge in [0.25, 0.3) is 5.91 Å². The molecule has 5 heteroatoms. The molecule has 1 fully saturated rings. The first-order valence-corrected chi connectivity index (χ1v) is 7.97. The molecule has 0 unspecified atom stereocenters. The Labute approximate surface area is 131 Å². The van der Waals surface area contributed by atoms with Gasteiger partial charge in [-0.05, 0) is 50.6 Å². The van der Waals surface area contributed by atoms with Crippen LogP contribution in [-0.2, 0) is 4.79 Å². The fraction of sp³-hybridized carbons (Fsp3) is 0.562. The second-order valence-electron chi connectivity index (χ2n) is 5.31. The lowest BCUT2D eigenvalue weighted by molar-refractivity contribution is -0.136. The fourth-order valence-corrected chi connectivity index (χ4v) is 2.84. The van der Waals surface area contributed by atoms with E-state index in [0.29, 0.717) is 16.8 Å². The third-order valence-electron chi connectivity index (χ3n) is 3.69. The molecule has 21 heavy (non-hydrogen) atoms. The molecule has 1 N–H and O–H groups in total. The van der Waals surface area contributed by atoms with E-state index in [4.69, 9.17) is 16.3 Å². The summed E-state index contributed by atoms with van der Waals surface area (Å²) in [7, 11) is 0. The van der Waals surface area contributed by atoms with Gasteiger partial charge in [0.15, 0.2) is 6.61 Å². The Kier molecular flexibility index (Phi) is 6.33. The van der Waals surface area contributed by atoms with E-state index < -0.39 is 0 Å². The van der Waals surface area contributed by atoms with E-state index in [-0.39, 0.29) is 12.5 Å². The van der Waals surface area contributed by atoms with Gasteiger partial charge < -0.3 is 15.0 Å². The van der Waals surface area contributed by atoms with Crippen LogP contribution in [0.2, 0.25) is 5.02 Å². The van der Waals surface area contributed by atoms with Crippen LogP contribution >= 0.6 is 11.6 Å². The summed E-state index contributed by atoms with van der Waals surface area (Å²) >= 11 is 5.91. The highest BCUT2D eigenvalue weighted by molar-refractivity contribution is 6.30. The highest BCUT2D eigenvalue weighted by atomic mass is 35.5. The van der Waals surface area contributed by atoms with Gasteiger partial charge in [-0.1, -0.05) is 24.6 Å². The Morgan fingerprint density at radius 3 is 2.86 bits per heavy atom. The van der Waals surface area contributed by atoms with Crippen molar-refractivity contribution in [3.05, 3.63) is 29.3 Å². The number of hydrogen-bond acceptors (Lipinski definition) is 3. The second kappa shape index (κ2) is 8.25. The van der Waals surface area contributed by atoms with E-state index in [1.54, 1.807) is 12.1 Å². The molecule has 0 bridgehead atoms. The molecule has 0 saturated carbocycles. The topological polar surface area (TPSA) is 41.6 Å². The van der Waals surface area contributed by atoms with Gasteiger partial charge in [0.05, 0.1) is 0 Å². The average Bonchev–Trinajstić information content (AvgIpc) is 2.51. The summed E-state index contributed by atoms with van der Waals surface area (Å²) in [6.07, 6.45) is 3.00. The van der Waals surface area contributed by atoms with Gasteiger partial charge in [-0.2, -0.15) is 0 Å². The lowest BCUT2D eigenvalue weighted by Crippen LogP contribution is -2.48. The van der Waals surface area contributed by atoms with Gasteiger partial charge in [-0.15, -0.1) is 0 Å². The van der Waals surface area contributed by atoms with Crippen LogP contribution in [0.5, 0.6) is 5.75 Å². The van der Waals surface area contributed by atoms with E-state index >= 15 is 0 Å². The summed E-state index contributed by atoms with van der Waals surface area (Å²) in [6.45, 7) is 4.92. The van der Waals surface area contributed by atoms with Crippen molar-refractivity contribution in [3.8, 4) is 5.75 Å². The van der Waals surface area contributed by atoms with Crippen molar-refractivity contribution in [2.45, 2.75) is 32.2 Å². The number of ether oxygens (including phenoxy) is 1. The van der Waals surface area contributed by atoms with E-state index in [1.807, 2.05) is 17.0 Å². The number of rotatable bonds is 6. The predicted molar refractivity (Wildman–Crippen MR) is 84.8 cm³/mol. The highest BCUT2D eigenvalue weighted by Gasteiger charge is 2.24. The first kappa shape index (κ1) is 16.1. The Balaban J connectivity index is 1.91. The zero-order valence-electron chi connectivity index (χ0n) is 12.5. The maximum Gasteiger partial charge on any atom is 0.260 e. The van der Waals surface area contributed by atoms with E-state index in [1.165, 1.54) is 0 Å². The molecule has 1 aliphatic heterocycles. The number of nitrogens with zero attached hydrogens (tertiary/aromatic N) is 1. The normalized spacial score (nSPS) is 15.7. The molecule has 1 saturated heterocycles. The largest absolute Gasteiger partial charge is 0.484 e. The lowest BCUT2D eigenvalue weighted by Gasteiger charge is -2.34. The average molecular weight is 311 g/mol. The molecule has 0 aromatic heterocycles. The number of carbonyl (C=O) groups excluding carboxylic acids is 1. The van der Waals surface area contributed by atoms with Crippen molar-refractivity contribution in [2.75, 3.05) is 26.2 Å². The van der Waals surface area contributed by atoms with Crippen LogP contribution in [-0.4, -0.2) is 43.1 Å². The molecule has 0 spiro atoms. The third kappa shape index (κ3) is 4.90. The van der Waals surface area contributed by atoms with Crippen molar-refractivity contribution in [3.63, 3.8) is 0 Å². The first-order valence-electron chi connectivity index (χ1n) is 7.59. The van der Waals surface area contributed by atoms with E-state index in [2.05, 4.69) is 12.2 Å². The Hall–Kier alpha value is -1.26. The minimum atomic E-state index is 0.0590. The fourth-order valence-electron chi connectivity index (χ4n) is 2.65. The molecular weight excluding hydrogens is 288 g/mol. The molecular formula is C16H23ClN2O2. The molecule has 1 aromatic rings. The van der Waals surface area contributed by atoms with Crippen LogP contribution in [0.4, 0.5) is 0 Å². The van der Waals surface area contributed by atoms with Crippen LogP contribution in [0.1, 0.15) is 26.2 Å². The minimum Gasteiger partial charge on any atom is -0.484 e. The molecule has 1 amide bonds. The smallest absolute Gasteiger partial charge is 0.260 e. The minimum absolute atomic E-state index is 0.0590. The number of halogens is 1. The number of amides is 1. The molecule has 116 valence electrons. The SMILES string of the molecule is CCCN(C(=O)COc1cccc(Cl)c1)C1CCNCC1. The number of piperidine rings is 1. The van der Waals surface area contributed by atoms with Gasteiger partial charge in [-0.25, -0.2) is 0 Å². The summed E-state index contributed by atoms with van der Waals surface area (Å²) in [5.74, 6) is 0.696. The number of carbonyl (C=O) groups is 1. The number of hydrogen-bond donors (Lipinski definition) is 1. The second-order valence-corrected chi connectivity index (χ2v) is 5.75. The van der Waals surface area contributed by atoms with Crippen molar-refractivity contribution in [1.29, 1.82) is 0 Å². The Bertz CT molecular complexity index is 461. The summed E-state index contributed by atoms with van der Waals surface area (Å²) in [6, 6.07) is 7.48. The highest BCUT2D eigenvalue weighted by Crippen LogP contribution is 2.18. The summed E-state index contributed by atoms with van der Waals surface area (Å²) in [4.78, 5) is 14.4. The van der Waals surface area contributed by atoms with Crippen molar-refractivity contribution in [2.24, 2.45) is 0 Å². The zero-order chi connectivity index (χ0) is 15.1. The van der Waals surface area contributed by atoms with Crippen molar-refractivity contribution in [1.82, 2.24) is 10.2 Å². The van der Waals surface area contributed by atoms with Gasteiger partial charge in [0.1, 0.15) is 5.75 Å². The van der Waals surface area contributed by atoms with Gasteiger partial charge >= 0.3 is 0 Å². The standard InChI is InChI=1S/C16H23ClN2O2/c1-2-10-19(14-6-8-18-9-7-14)16(20)12-21-15-5-3-4-13(17)11-15/h3-5,11,14,18H,2,6-10,12H2,1H3. The molecule has 0 radical (unpaired) electrons. The molecule has 1 aromatic carbocycles. The molecule has 1 heterocycles. The van der Waals surface area contributed by atoms with Gasteiger partial charge in [0, 0.05) is 17.6 Å². The maximum absolute atomic E-state index is 12.4. The first-order chi connectivity index (χ1) is 10.2. The molecule has 1 aliphatic rings. The zero-order valence-corrected chi connectivity index (χ0v) is 13.2. The maximum atomic E-state index is 12.4. The van der Waals surface area contributed by atoms with Crippen molar-refractivity contribution < 1.29 is 9.53 Å². The Morgan fingerprint density at radius 1 is 1.43 bits per heavy atom. The van der Waals surface area contributed by atoms with E-state index in [0.717, 1.165) is 38.9 Å². The Morgan fingerprint density at radius 2 is 2.19 bits per heavy atom.